The summed E-state index contributed by atoms with van der Waals surface area (Å²) in [5, 5.41) is 3.37. The standard InChI is InChI=1S/C13H28N4S/c1-3-18-10-9-11(2)15-13(17-14)16-12-7-5-4-6-8-12/h11-12H,3-10,14H2,1-2H3,(H2,15,16,17). The van der Waals surface area contributed by atoms with Gasteiger partial charge in [0.15, 0.2) is 0 Å². The fourth-order valence-corrected chi connectivity index (χ4v) is 3.03. The summed E-state index contributed by atoms with van der Waals surface area (Å²) in [7, 11) is 0. The molecule has 1 rings (SSSR count). The molecule has 1 atom stereocenters. The van der Waals surface area contributed by atoms with Crippen molar-refractivity contribution in [2.24, 2.45) is 10.8 Å². The van der Waals surface area contributed by atoms with Crippen molar-refractivity contribution in [2.45, 2.75) is 64.5 Å². The van der Waals surface area contributed by atoms with Gasteiger partial charge in [-0.1, -0.05) is 26.2 Å². The lowest BCUT2D eigenvalue weighted by molar-refractivity contribution is 0.440. The number of hydrogen-bond acceptors (Lipinski definition) is 3. The number of nitrogens with two attached hydrogens (primary N) is 1. The topological polar surface area (TPSA) is 62.4 Å². The third-order valence-corrected chi connectivity index (χ3v) is 4.24. The van der Waals surface area contributed by atoms with Crippen LogP contribution in [-0.4, -0.2) is 29.5 Å². The van der Waals surface area contributed by atoms with Crippen molar-refractivity contribution < 1.29 is 0 Å². The molecule has 0 aromatic carbocycles. The predicted molar refractivity (Wildman–Crippen MR) is 81.8 cm³/mol. The van der Waals surface area contributed by atoms with Gasteiger partial charge in [0.25, 0.3) is 0 Å². The summed E-state index contributed by atoms with van der Waals surface area (Å²) in [6, 6.07) is 0.872. The zero-order valence-electron chi connectivity index (χ0n) is 11.7. The van der Waals surface area contributed by atoms with E-state index in [-0.39, 0.29) is 0 Å². The first-order valence-corrected chi connectivity index (χ1v) is 8.30. The molecule has 0 amide bonds. The van der Waals surface area contributed by atoms with Crippen molar-refractivity contribution in [2.75, 3.05) is 11.5 Å². The quantitative estimate of drug-likeness (QED) is 0.228. The Labute approximate surface area is 116 Å². The molecule has 0 aromatic heterocycles. The first-order chi connectivity index (χ1) is 8.76. The highest BCUT2D eigenvalue weighted by molar-refractivity contribution is 7.99. The number of guanidine groups is 1. The second-order valence-corrected chi connectivity index (χ2v) is 6.34. The van der Waals surface area contributed by atoms with Gasteiger partial charge < -0.3 is 5.32 Å². The van der Waals surface area contributed by atoms with Crippen molar-refractivity contribution in [1.29, 1.82) is 0 Å². The first-order valence-electron chi connectivity index (χ1n) is 7.15. The Hall–Kier alpha value is -0.420. The summed E-state index contributed by atoms with van der Waals surface area (Å²) in [6.45, 7) is 4.38. The van der Waals surface area contributed by atoms with Gasteiger partial charge in [-0.2, -0.15) is 11.8 Å². The summed E-state index contributed by atoms with van der Waals surface area (Å²) >= 11 is 1.98. The number of thioether (sulfide) groups is 1. The molecule has 5 heteroatoms. The number of aliphatic imine (C=N–C) groups is 1. The highest BCUT2D eigenvalue weighted by atomic mass is 32.2. The molecule has 0 saturated heterocycles. The van der Waals surface area contributed by atoms with Crippen LogP contribution in [0.1, 0.15) is 52.4 Å². The SMILES string of the molecule is CCSCCC(C)NC(=NC1CCCCC1)NN. The van der Waals surface area contributed by atoms with E-state index in [4.69, 9.17) is 5.84 Å². The van der Waals surface area contributed by atoms with Crippen LogP contribution in [0, 0.1) is 0 Å². The second-order valence-electron chi connectivity index (χ2n) is 4.94. The first kappa shape index (κ1) is 15.6. The summed E-state index contributed by atoms with van der Waals surface area (Å²) in [4.78, 5) is 4.68. The van der Waals surface area contributed by atoms with Gasteiger partial charge in [0, 0.05) is 6.04 Å². The molecule has 0 heterocycles. The van der Waals surface area contributed by atoms with Crippen molar-refractivity contribution in [1.82, 2.24) is 10.7 Å². The van der Waals surface area contributed by atoms with Crippen LogP contribution in [0.3, 0.4) is 0 Å². The van der Waals surface area contributed by atoms with Crippen LogP contribution in [0.2, 0.25) is 0 Å². The summed E-state index contributed by atoms with van der Waals surface area (Å²) in [5.41, 5.74) is 2.70. The van der Waals surface area contributed by atoms with Gasteiger partial charge >= 0.3 is 0 Å². The highest BCUT2D eigenvalue weighted by Gasteiger charge is 2.13. The molecule has 1 unspecified atom stereocenters. The molecule has 4 N–H and O–H groups in total. The summed E-state index contributed by atoms with van der Waals surface area (Å²) in [6.07, 6.45) is 7.50. The monoisotopic (exact) mass is 272 g/mol. The van der Waals surface area contributed by atoms with Crippen LogP contribution in [0.25, 0.3) is 0 Å². The third-order valence-electron chi connectivity index (χ3n) is 3.31. The zero-order valence-corrected chi connectivity index (χ0v) is 12.6. The largest absolute Gasteiger partial charge is 0.353 e. The molecule has 0 aliphatic heterocycles. The Morgan fingerprint density at radius 2 is 2.11 bits per heavy atom. The van der Waals surface area contributed by atoms with E-state index in [1.165, 1.54) is 43.6 Å². The number of rotatable bonds is 6. The average Bonchev–Trinajstić information content (AvgIpc) is 2.39. The Bertz CT molecular complexity index is 239. The van der Waals surface area contributed by atoms with Crippen molar-refractivity contribution >= 4 is 17.7 Å². The molecular weight excluding hydrogens is 244 g/mol. The summed E-state index contributed by atoms with van der Waals surface area (Å²) in [5.74, 6) is 8.68. The minimum Gasteiger partial charge on any atom is -0.353 e. The molecular formula is C13H28N4S. The molecule has 1 fully saturated rings. The van der Waals surface area contributed by atoms with E-state index in [0.717, 1.165) is 12.4 Å². The lowest BCUT2D eigenvalue weighted by Crippen LogP contribution is -2.46. The van der Waals surface area contributed by atoms with Gasteiger partial charge in [0.05, 0.1) is 6.04 Å². The molecule has 1 aliphatic carbocycles. The Balaban J connectivity index is 2.32. The fraction of sp³-hybridized carbons (Fsp3) is 0.923. The smallest absolute Gasteiger partial charge is 0.206 e. The molecule has 1 saturated carbocycles. The van der Waals surface area contributed by atoms with E-state index in [1.807, 2.05) is 11.8 Å². The van der Waals surface area contributed by atoms with Crippen LogP contribution >= 0.6 is 11.8 Å². The van der Waals surface area contributed by atoms with Crippen LogP contribution in [0.15, 0.2) is 4.99 Å². The fourth-order valence-electron chi connectivity index (χ4n) is 2.22. The molecule has 18 heavy (non-hydrogen) atoms. The Morgan fingerprint density at radius 1 is 1.39 bits per heavy atom. The predicted octanol–water partition coefficient (Wildman–Crippen LogP) is 2.26. The molecule has 106 valence electrons. The maximum atomic E-state index is 5.54. The van der Waals surface area contributed by atoms with E-state index in [2.05, 4.69) is 29.6 Å². The lowest BCUT2D eigenvalue weighted by atomic mass is 9.96. The highest BCUT2D eigenvalue weighted by Crippen LogP contribution is 2.20. The minimum absolute atomic E-state index is 0.419. The average molecular weight is 272 g/mol. The van der Waals surface area contributed by atoms with E-state index >= 15 is 0 Å². The number of nitrogens with zero attached hydrogens (tertiary/aromatic N) is 1. The molecule has 4 nitrogen and oxygen atoms in total. The van der Waals surface area contributed by atoms with Crippen LogP contribution in [-0.2, 0) is 0 Å². The maximum absolute atomic E-state index is 5.54. The lowest BCUT2D eigenvalue weighted by Gasteiger charge is -2.21. The van der Waals surface area contributed by atoms with Gasteiger partial charge in [0.2, 0.25) is 5.96 Å². The normalized spacial score (nSPS) is 19.6. The van der Waals surface area contributed by atoms with E-state index in [9.17, 15) is 0 Å². The van der Waals surface area contributed by atoms with Gasteiger partial charge in [-0.3, -0.25) is 5.43 Å². The maximum Gasteiger partial charge on any atom is 0.206 e. The molecule has 0 bridgehead atoms. The van der Waals surface area contributed by atoms with Crippen LogP contribution < -0.4 is 16.6 Å². The van der Waals surface area contributed by atoms with Crippen LogP contribution in [0.5, 0.6) is 0 Å². The van der Waals surface area contributed by atoms with Gasteiger partial charge in [-0.15, -0.1) is 0 Å². The Morgan fingerprint density at radius 3 is 2.72 bits per heavy atom. The van der Waals surface area contributed by atoms with Crippen LogP contribution in [0.4, 0.5) is 0 Å². The van der Waals surface area contributed by atoms with Crippen molar-refractivity contribution in [3.05, 3.63) is 0 Å². The molecule has 0 spiro atoms. The number of nitrogens with one attached hydrogen (secondary N) is 2. The Kier molecular flexibility index (Phi) is 8.25. The van der Waals surface area contributed by atoms with E-state index in [1.54, 1.807) is 0 Å². The molecule has 1 aliphatic rings. The van der Waals surface area contributed by atoms with Crippen molar-refractivity contribution in [3.8, 4) is 0 Å². The van der Waals surface area contributed by atoms with Crippen molar-refractivity contribution in [3.63, 3.8) is 0 Å². The third kappa shape index (κ3) is 6.50. The van der Waals surface area contributed by atoms with E-state index < -0.39 is 0 Å². The molecule has 0 aromatic rings. The number of hydrogen-bond donors (Lipinski definition) is 3. The zero-order chi connectivity index (χ0) is 13.2. The molecule has 0 radical (unpaired) electrons. The minimum atomic E-state index is 0.419. The van der Waals surface area contributed by atoms with Gasteiger partial charge in [-0.05, 0) is 37.7 Å². The summed E-state index contributed by atoms with van der Waals surface area (Å²) < 4.78 is 0. The van der Waals surface area contributed by atoms with Gasteiger partial charge in [-0.25, -0.2) is 10.8 Å². The number of hydrazine groups is 1. The van der Waals surface area contributed by atoms with Gasteiger partial charge in [0.1, 0.15) is 0 Å². The second kappa shape index (κ2) is 9.50. The van der Waals surface area contributed by atoms with E-state index in [0.29, 0.717) is 12.1 Å².